The van der Waals surface area contributed by atoms with Gasteiger partial charge in [-0.2, -0.15) is 0 Å². The highest BCUT2D eigenvalue weighted by atomic mass is 15.1. The molecule has 0 saturated carbocycles. The first kappa shape index (κ1) is 14.9. The van der Waals surface area contributed by atoms with Gasteiger partial charge in [0.15, 0.2) is 0 Å². The van der Waals surface area contributed by atoms with E-state index in [1.54, 1.807) is 0 Å². The van der Waals surface area contributed by atoms with Crippen molar-refractivity contribution in [3.05, 3.63) is 96.7 Å². The number of aryl methyl sites for hydroxylation is 1. The van der Waals surface area contributed by atoms with Crippen molar-refractivity contribution in [3.8, 4) is 0 Å². The summed E-state index contributed by atoms with van der Waals surface area (Å²) < 4.78 is 0. The number of para-hydroxylation sites is 1. The van der Waals surface area contributed by atoms with Crippen LogP contribution in [0.5, 0.6) is 0 Å². The lowest BCUT2D eigenvalue weighted by atomic mass is 10.1. The van der Waals surface area contributed by atoms with E-state index in [4.69, 9.17) is 0 Å². The fourth-order valence-corrected chi connectivity index (χ4v) is 2.15. The van der Waals surface area contributed by atoms with Gasteiger partial charge in [0.25, 0.3) is 0 Å². The van der Waals surface area contributed by atoms with Gasteiger partial charge in [0.05, 0.1) is 0 Å². The molecule has 2 aromatic carbocycles. The molecule has 0 atom stereocenters. The molecular weight excluding hydrogens is 254 g/mol. The van der Waals surface area contributed by atoms with E-state index in [-0.39, 0.29) is 0 Å². The third-order valence-corrected chi connectivity index (χ3v) is 3.23. The molecule has 0 aromatic heterocycles. The molecule has 0 N–H and O–H groups in total. The largest absolute Gasteiger partial charge is 0.311 e. The van der Waals surface area contributed by atoms with Gasteiger partial charge >= 0.3 is 0 Å². The summed E-state index contributed by atoms with van der Waals surface area (Å²) in [6.45, 7) is 8.07. The molecule has 0 aliphatic heterocycles. The number of hydrogen-bond donors (Lipinski definition) is 0. The lowest BCUT2D eigenvalue weighted by Crippen LogP contribution is -2.14. The quantitative estimate of drug-likeness (QED) is 0.625. The normalized spacial score (nSPS) is 11.6. The minimum absolute atomic E-state index is 1.04. The van der Waals surface area contributed by atoms with Crippen LogP contribution in [-0.4, -0.2) is 0 Å². The minimum Gasteiger partial charge on any atom is -0.311 e. The van der Waals surface area contributed by atoms with Gasteiger partial charge in [0.1, 0.15) is 0 Å². The molecule has 0 fully saturated rings. The van der Waals surface area contributed by atoms with Crippen LogP contribution in [0, 0.1) is 6.92 Å². The molecule has 21 heavy (non-hydrogen) atoms. The van der Waals surface area contributed by atoms with Gasteiger partial charge in [-0.1, -0.05) is 54.6 Å². The van der Waals surface area contributed by atoms with Crippen molar-refractivity contribution in [1.29, 1.82) is 0 Å². The zero-order chi connectivity index (χ0) is 15.1. The second-order valence-electron chi connectivity index (χ2n) is 4.83. The van der Waals surface area contributed by atoms with Crippen LogP contribution < -0.4 is 4.90 Å². The summed E-state index contributed by atoms with van der Waals surface area (Å²) in [7, 11) is 0. The van der Waals surface area contributed by atoms with Crippen LogP contribution in [0.3, 0.4) is 0 Å². The Balaban J connectivity index is 2.53. The van der Waals surface area contributed by atoms with Gasteiger partial charge in [0.2, 0.25) is 0 Å². The van der Waals surface area contributed by atoms with Crippen molar-refractivity contribution in [3.63, 3.8) is 0 Å². The van der Waals surface area contributed by atoms with E-state index >= 15 is 0 Å². The summed E-state index contributed by atoms with van der Waals surface area (Å²) in [6, 6.07) is 18.9. The molecule has 0 unspecified atom stereocenters. The third kappa shape index (κ3) is 3.73. The molecular formula is C20H21N. The van der Waals surface area contributed by atoms with Crippen molar-refractivity contribution in [2.24, 2.45) is 0 Å². The highest BCUT2D eigenvalue weighted by Crippen LogP contribution is 2.30. The maximum absolute atomic E-state index is 3.96. The van der Waals surface area contributed by atoms with Crippen LogP contribution in [0.1, 0.15) is 12.5 Å². The Labute approximate surface area is 127 Å². The topological polar surface area (TPSA) is 3.24 Å². The molecule has 1 nitrogen and oxygen atoms in total. The Morgan fingerprint density at radius 1 is 0.952 bits per heavy atom. The molecule has 0 radical (unpaired) electrons. The number of hydrogen-bond acceptors (Lipinski definition) is 1. The van der Waals surface area contributed by atoms with Crippen molar-refractivity contribution < 1.29 is 0 Å². The summed E-state index contributed by atoms with van der Waals surface area (Å²) in [5.74, 6) is 0. The number of nitrogens with zero attached hydrogens (tertiary/aromatic N) is 1. The average Bonchev–Trinajstić information content (AvgIpc) is 2.53. The second-order valence-corrected chi connectivity index (χ2v) is 4.83. The maximum Gasteiger partial charge on any atom is 0.0461 e. The van der Waals surface area contributed by atoms with Crippen molar-refractivity contribution in [2.45, 2.75) is 13.8 Å². The molecule has 0 aliphatic rings. The van der Waals surface area contributed by atoms with E-state index < -0.39 is 0 Å². The first-order chi connectivity index (χ1) is 10.3. The Morgan fingerprint density at radius 3 is 2.14 bits per heavy atom. The van der Waals surface area contributed by atoms with E-state index in [2.05, 4.69) is 60.9 Å². The first-order valence-corrected chi connectivity index (χ1v) is 7.13. The van der Waals surface area contributed by atoms with E-state index in [0.717, 1.165) is 17.1 Å². The molecule has 2 rings (SSSR count). The summed E-state index contributed by atoms with van der Waals surface area (Å²) >= 11 is 0. The molecule has 0 spiro atoms. The highest BCUT2D eigenvalue weighted by molar-refractivity contribution is 5.70. The monoisotopic (exact) mass is 275 g/mol. The summed E-state index contributed by atoms with van der Waals surface area (Å²) in [6.07, 6.45) is 8.00. The molecule has 106 valence electrons. The smallest absolute Gasteiger partial charge is 0.0461 e. The van der Waals surface area contributed by atoms with Gasteiger partial charge in [-0.15, -0.1) is 0 Å². The fourth-order valence-electron chi connectivity index (χ4n) is 2.15. The molecule has 0 heterocycles. The zero-order valence-electron chi connectivity index (χ0n) is 12.7. The molecule has 2 aromatic rings. The zero-order valence-corrected chi connectivity index (χ0v) is 12.7. The Kier molecular flexibility index (Phi) is 5.16. The first-order valence-electron chi connectivity index (χ1n) is 7.13. The highest BCUT2D eigenvalue weighted by Gasteiger charge is 2.11. The van der Waals surface area contributed by atoms with E-state index in [1.807, 2.05) is 43.4 Å². The fraction of sp³-hybridized carbons (Fsp3) is 0.100. The Hall–Kier alpha value is -2.54. The predicted molar refractivity (Wildman–Crippen MR) is 92.9 cm³/mol. The third-order valence-electron chi connectivity index (χ3n) is 3.23. The van der Waals surface area contributed by atoms with Crippen LogP contribution >= 0.6 is 0 Å². The Bertz CT molecular complexity index is 633. The lowest BCUT2D eigenvalue weighted by molar-refractivity contribution is 1.21. The number of allylic oxidation sites excluding steroid dienone is 4. The number of anilines is 2. The van der Waals surface area contributed by atoms with Crippen molar-refractivity contribution in [1.82, 2.24) is 0 Å². The second kappa shape index (κ2) is 7.30. The molecule has 0 saturated heterocycles. The van der Waals surface area contributed by atoms with Gasteiger partial charge in [0, 0.05) is 17.1 Å². The average molecular weight is 275 g/mol. The molecule has 0 aliphatic carbocycles. The number of rotatable bonds is 5. The van der Waals surface area contributed by atoms with Crippen molar-refractivity contribution in [2.75, 3.05) is 4.90 Å². The summed E-state index contributed by atoms with van der Waals surface area (Å²) in [5, 5.41) is 0. The molecule has 0 bridgehead atoms. The van der Waals surface area contributed by atoms with E-state index in [0.29, 0.717) is 0 Å². The SMILES string of the molecule is C=C/C(=C\C=C/C)N(c1ccccc1)c1ccc(C)cc1. The van der Waals surface area contributed by atoms with Crippen LogP contribution in [-0.2, 0) is 0 Å². The van der Waals surface area contributed by atoms with Crippen LogP contribution in [0.2, 0.25) is 0 Å². The van der Waals surface area contributed by atoms with E-state index in [9.17, 15) is 0 Å². The van der Waals surface area contributed by atoms with Gasteiger partial charge in [-0.25, -0.2) is 0 Å². The molecule has 0 amide bonds. The predicted octanol–water partition coefficient (Wildman–Crippen LogP) is 5.78. The van der Waals surface area contributed by atoms with Gasteiger partial charge < -0.3 is 4.90 Å². The summed E-state index contributed by atoms with van der Waals surface area (Å²) in [4.78, 5) is 2.20. The molecule has 1 heteroatoms. The summed E-state index contributed by atoms with van der Waals surface area (Å²) in [5.41, 5.74) is 4.55. The number of benzene rings is 2. The van der Waals surface area contributed by atoms with E-state index in [1.165, 1.54) is 5.56 Å². The van der Waals surface area contributed by atoms with Crippen LogP contribution in [0.4, 0.5) is 11.4 Å². The van der Waals surface area contributed by atoms with Gasteiger partial charge in [-0.05, 0) is 50.3 Å². The van der Waals surface area contributed by atoms with Crippen LogP contribution in [0.25, 0.3) is 0 Å². The van der Waals surface area contributed by atoms with Crippen LogP contribution in [0.15, 0.2) is 91.2 Å². The maximum atomic E-state index is 3.96. The van der Waals surface area contributed by atoms with Crippen molar-refractivity contribution >= 4 is 11.4 Å². The Morgan fingerprint density at radius 2 is 1.57 bits per heavy atom. The minimum atomic E-state index is 1.04. The van der Waals surface area contributed by atoms with Gasteiger partial charge in [-0.3, -0.25) is 0 Å². The lowest BCUT2D eigenvalue weighted by Gasteiger charge is -2.26. The standard InChI is InChI=1S/C20H21N/c1-4-6-10-18(5-2)21(19-11-8-7-9-12-19)20-15-13-17(3)14-16-20/h4-16H,2H2,1,3H3/b6-4-,18-10+.